The summed E-state index contributed by atoms with van der Waals surface area (Å²) in [7, 11) is 0. The highest BCUT2D eigenvalue weighted by molar-refractivity contribution is 7.16. The third-order valence-corrected chi connectivity index (χ3v) is 4.37. The van der Waals surface area contributed by atoms with Crippen LogP contribution in [-0.2, 0) is 6.61 Å². The van der Waals surface area contributed by atoms with Gasteiger partial charge in [-0.1, -0.05) is 41.7 Å². The van der Waals surface area contributed by atoms with Crippen LogP contribution in [0.15, 0.2) is 82.0 Å². The van der Waals surface area contributed by atoms with Gasteiger partial charge in [-0.15, -0.1) is 0 Å². The molecular weight excluding hydrogens is 336 g/mol. The van der Waals surface area contributed by atoms with Crippen molar-refractivity contribution in [2.75, 3.05) is 0 Å². The number of ether oxygens (including phenoxy) is 2. The molecule has 0 aliphatic rings. The topological polar surface area (TPSA) is 48.7 Å². The van der Waals surface area contributed by atoms with Crippen LogP contribution in [0.25, 0.3) is 10.3 Å². The Labute approximate surface area is 147 Å². The molecule has 3 aromatic carbocycles. The molecule has 0 amide bonds. The summed E-state index contributed by atoms with van der Waals surface area (Å²) in [4.78, 5) is 11.0. The van der Waals surface area contributed by atoms with Crippen LogP contribution < -0.4 is 14.4 Å². The lowest BCUT2D eigenvalue weighted by Gasteiger charge is -2.09. The van der Waals surface area contributed by atoms with Crippen LogP contribution in [0.1, 0.15) is 5.56 Å². The molecule has 1 aromatic heterocycles. The fraction of sp³-hybridized carbons (Fsp3) is 0.0500. The van der Waals surface area contributed by atoms with Crippen LogP contribution in [0.3, 0.4) is 0 Å². The van der Waals surface area contributed by atoms with Crippen molar-refractivity contribution in [2.24, 2.45) is 0 Å². The van der Waals surface area contributed by atoms with Crippen LogP contribution in [0.4, 0.5) is 0 Å². The quantitative estimate of drug-likeness (QED) is 0.495. The van der Waals surface area contributed by atoms with Crippen molar-refractivity contribution in [3.63, 3.8) is 0 Å². The van der Waals surface area contributed by atoms with E-state index < -0.39 is 0 Å². The number of para-hydroxylation sites is 1. The molecule has 4 nitrogen and oxygen atoms in total. The number of rotatable bonds is 5. The van der Waals surface area contributed by atoms with E-state index in [1.807, 2.05) is 60.7 Å². The molecule has 0 bridgehead atoms. The standard InChI is InChI=1S/C20H14O4S/c21-20-24-18-10-9-16(12-19(18)25-20)22-13-14-5-4-8-17(11-14)23-15-6-2-1-3-7-15/h1-12H,13H2. The molecule has 0 aliphatic carbocycles. The van der Waals surface area contributed by atoms with E-state index >= 15 is 0 Å². The van der Waals surface area contributed by atoms with Gasteiger partial charge in [0.25, 0.3) is 0 Å². The first-order valence-electron chi connectivity index (χ1n) is 7.75. The Bertz CT molecular complexity index is 1050. The molecule has 0 fully saturated rings. The maximum Gasteiger partial charge on any atom is 0.396 e. The monoisotopic (exact) mass is 350 g/mol. The maximum absolute atomic E-state index is 11.3. The van der Waals surface area contributed by atoms with E-state index in [4.69, 9.17) is 13.9 Å². The van der Waals surface area contributed by atoms with Gasteiger partial charge in [0, 0.05) is 6.07 Å². The molecule has 0 N–H and O–H groups in total. The Balaban J connectivity index is 1.46. The Hall–Kier alpha value is -3.05. The third-order valence-electron chi connectivity index (χ3n) is 3.58. The van der Waals surface area contributed by atoms with Gasteiger partial charge in [0.15, 0.2) is 0 Å². The number of hydrogen-bond acceptors (Lipinski definition) is 5. The molecule has 0 radical (unpaired) electrons. The summed E-state index contributed by atoms with van der Waals surface area (Å²) in [6.45, 7) is 0.407. The summed E-state index contributed by atoms with van der Waals surface area (Å²) in [6, 6.07) is 22.8. The number of benzene rings is 3. The summed E-state index contributed by atoms with van der Waals surface area (Å²) in [5, 5.41) is 0. The summed E-state index contributed by atoms with van der Waals surface area (Å²) in [5.41, 5.74) is 1.58. The normalized spacial score (nSPS) is 10.7. The molecule has 4 aromatic rings. The SMILES string of the molecule is O=c1oc2ccc(OCc3cccc(Oc4ccccc4)c3)cc2s1. The second-order valence-electron chi connectivity index (χ2n) is 5.41. The Morgan fingerprint density at radius 2 is 1.68 bits per heavy atom. The van der Waals surface area contributed by atoms with Crippen molar-refractivity contribution in [2.45, 2.75) is 6.61 Å². The zero-order valence-electron chi connectivity index (χ0n) is 13.2. The van der Waals surface area contributed by atoms with Gasteiger partial charge in [0.05, 0.1) is 4.70 Å². The number of hydrogen-bond donors (Lipinski definition) is 0. The highest BCUT2D eigenvalue weighted by atomic mass is 32.1. The minimum atomic E-state index is -0.307. The van der Waals surface area contributed by atoms with E-state index in [0.717, 1.165) is 33.1 Å². The van der Waals surface area contributed by atoms with Crippen molar-refractivity contribution in [3.05, 3.63) is 88.1 Å². The molecule has 0 saturated heterocycles. The van der Waals surface area contributed by atoms with Crippen molar-refractivity contribution < 1.29 is 13.9 Å². The third kappa shape index (κ3) is 3.72. The molecule has 124 valence electrons. The van der Waals surface area contributed by atoms with Crippen LogP contribution in [0.2, 0.25) is 0 Å². The highest BCUT2D eigenvalue weighted by Gasteiger charge is 2.05. The van der Waals surface area contributed by atoms with Crippen molar-refractivity contribution in [1.29, 1.82) is 0 Å². The first-order valence-corrected chi connectivity index (χ1v) is 8.56. The average Bonchev–Trinajstić information content (AvgIpc) is 3.00. The van der Waals surface area contributed by atoms with Crippen LogP contribution in [0, 0.1) is 0 Å². The lowest BCUT2D eigenvalue weighted by molar-refractivity contribution is 0.306. The zero-order chi connectivity index (χ0) is 17.1. The van der Waals surface area contributed by atoms with Crippen molar-refractivity contribution >= 4 is 21.6 Å². The Morgan fingerprint density at radius 3 is 2.56 bits per heavy atom. The zero-order valence-corrected chi connectivity index (χ0v) is 14.0. The Kier molecular flexibility index (Phi) is 4.23. The van der Waals surface area contributed by atoms with Gasteiger partial charge in [0.1, 0.15) is 29.4 Å². The average molecular weight is 350 g/mol. The molecule has 25 heavy (non-hydrogen) atoms. The molecule has 0 aliphatic heterocycles. The van der Waals surface area contributed by atoms with Crippen LogP contribution in [0.5, 0.6) is 17.2 Å². The lowest BCUT2D eigenvalue weighted by Crippen LogP contribution is -1.95. The van der Waals surface area contributed by atoms with Gasteiger partial charge >= 0.3 is 4.94 Å². The van der Waals surface area contributed by atoms with Gasteiger partial charge < -0.3 is 13.9 Å². The van der Waals surface area contributed by atoms with E-state index in [1.165, 1.54) is 0 Å². The molecule has 5 heteroatoms. The van der Waals surface area contributed by atoms with Crippen molar-refractivity contribution in [1.82, 2.24) is 0 Å². The molecule has 4 rings (SSSR count). The molecule has 1 heterocycles. The predicted octanol–water partition coefficient (Wildman–Crippen LogP) is 5.23. The van der Waals surface area contributed by atoms with Gasteiger partial charge in [-0.25, -0.2) is 4.79 Å². The minimum absolute atomic E-state index is 0.307. The van der Waals surface area contributed by atoms with Gasteiger partial charge in [0.2, 0.25) is 0 Å². The largest absolute Gasteiger partial charge is 0.489 e. The van der Waals surface area contributed by atoms with E-state index in [-0.39, 0.29) is 4.94 Å². The van der Waals surface area contributed by atoms with E-state index in [2.05, 4.69) is 0 Å². The molecule has 0 saturated carbocycles. The summed E-state index contributed by atoms with van der Waals surface area (Å²) in [6.07, 6.45) is 0. The maximum atomic E-state index is 11.3. The van der Waals surface area contributed by atoms with Crippen LogP contribution >= 0.6 is 11.3 Å². The molecular formula is C20H14O4S. The fourth-order valence-corrected chi connectivity index (χ4v) is 3.13. The summed E-state index contributed by atoms with van der Waals surface area (Å²) >= 11 is 1.07. The van der Waals surface area contributed by atoms with Gasteiger partial charge in [-0.05, 0) is 42.0 Å². The molecule has 0 unspecified atom stereocenters. The smallest absolute Gasteiger partial charge is 0.396 e. The minimum Gasteiger partial charge on any atom is -0.489 e. The van der Waals surface area contributed by atoms with Crippen LogP contribution in [-0.4, -0.2) is 0 Å². The van der Waals surface area contributed by atoms with E-state index in [1.54, 1.807) is 12.1 Å². The number of fused-ring (bicyclic) bond motifs is 1. The first kappa shape index (κ1) is 15.5. The predicted molar refractivity (Wildman–Crippen MR) is 97.7 cm³/mol. The van der Waals surface area contributed by atoms with Gasteiger partial charge in [-0.2, -0.15) is 0 Å². The lowest BCUT2D eigenvalue weighted by atomic mass is 10.2. The van der Waals surface area contributed by atoms with E-state index in [9.17, 15) is 4.79 Å². The fourth-order valence-electron chi connectivity index (χ4n) is 2.43. The molecule has 0 spiro atoms. The summed E-state index contributed by atoms with van der Waals surface area (Å²) < 4.78 is 17.5. The first-order chi connectivity index (χ1) is 12.3. The van der Waals surface area contributed by atoms with E-state index in [0.29, 0.717) is 17.9 Å². The Morgan fingerprint density at radius 1 is 0.840 bits per heavy atom. The van der Waals surface area contributed by atoms with Crippen molar-refractivity contribution in [3.8, 4) is 17.2 Å². The van der Waals surface area contributed by atoms with Gasteiger partial charge in [-0.3, -0.25) is 0 Å². The molecule has 0 atom stereocenters. The second-order valence-corrected chi connectivity index (χ2v) is 6.39. The second kappa shape index (κ2) is 6.83. The summed E-state index contributed by atoms with van der Waals surface area (Å²) in [5.74, 6) is 2.25. The highest BCUT2D eigenvalue weighted by Crippen LogP contribution is 2.25.